The Morgan fingerprint density at radius 1 is 1.43 bits per heavy atom. The summed E-state index contributed by atoms with van der Waals surface area (Å²) in [6, 6.07) is 1.75. The van der Waals surface area contributed by atoms with Crippen molar-refractivity contribution in [3.8, 4) is 0 Å². The Morgan fingerprint density at radius 3 is 2.67 bits per heavy atom. The van der Waals surface area contributed by atoms with Crippen molar-refractivity contribution in [2.75, 3.05) is 20.2 Å². The van der Waals surface area contributed by atoms with Crippen molar-refractivity contribution in [3.05, 3.63) is 16.5 Å². The molecule has 7 heteroatoms. The molecule has 0 aromatic carbocycles. The number of rotatable bonds is 8. The summed E-state index contributed by atoms with van der Waals surface area (Å²) in [6.07, 6.45) is 2.93. The minimum atomic E-state index is -3.45. The summed E-state index contributed by atoms with van der Waals surface area (Å²) in [4.78, 5) is 1.07. The second-order valence-electron chi connectivity index (χ2n) is 5.52. The fourth-order valence-electron chi connectivity index (χ4n) is 2.36. The van der Waals surface area contributed by atoms with Crippen LogP contribution in [0.3, 0.4) is 0 Å². The van der Waals surface area contributed by atoms with Crippen LogP contribution in [0.4, 0.5) is 0 Å². The first-order chi connectivity index (χ1) is 9.92. The molecular formula is C14H24N2O3S2. The molecule has 0 spiro atoms. The highest BCUT2D eigenvalue weighted by Crippen LogP contribution is 2.35. The molecule has 1 saturated carbocycles. The first kappa shape index (κ1) is 16.9. The van der Waals surface area contributed by atoms with Crippen LogP contribution in [0.2, 0.25) is 0 Å². The summed E-state index contributed by atoms with van der Waals surface area (Å²) in [5.74, 6) is 0. The first-order valence-corrected chi connectivity index (χ1v) is 9.57. The Labute approximate surface area is 131 Å². The molecule has 0 bridgehead atoms. The largest absolute Gasteiger partial charge is 0.377 e. The van der Waals surface area contributed by atoms with E-state index in [9.17, 15) is 8.42 Å². The molecular weight excluding hydrogens is 308 g/mol. The van der Waals surface area contributed by atoms with E-state index in [-0.39, 0.29) is 5.60 Å². The number of hydrogen-bond acceptors (Lipinski definition) is 5. The van der Waals surface area contributed by atoms with Gasteiger partial charge in [0.25, 0.3) is 0 Å². The maximum atomic E-state index is 12.4. The molecule has 0 radical (unpaired) electrons. The van der Waals surface area contributed by atoms with Crippen molar-refractivity contribution in [3.63, 3.8) is 0 Å². The van der Waals surface area contributed by atoms with Gasteiger partial charge in [0.2, 0.25) is 10.0 Å². The first-order valence-electron chi connectivity index (χ1n) is 7.27. The molecule has 2 N–H and O–H groups in total. The molecule has 0 atom stereocenters. The quantitative estimate of drug-likeness (QED) is 0.764. The smallest absolute Gasteiger partial charge is 0.250 e. The third kappa shape index (κ3) is 3.84. The van der Waals surface area contributed by atoms with Crippen molar-refractivity contribution in [1.82, 2.24) is 10.0 Å². The molecule has 120 valence electrons. The van der Waals surface area contributed by atoms with E-state index in [1.807, 2.05) is 13.8 Å². The van der Waals surface area contributed by atoms with E-state index < -0.39 is 10.0 Å². The van der Waals surface area contributed by atoms with Crippen molar-refractivity contribution < 1.29 is 13.2 Å². The van der Waals surface area contributed by atoms with E-state index in [0.29, 0.717) is 17.3 Å². The van der Waals surface area contributed by atoms with E-state index in [0.717, 1.165) is 36.2 Å². The van der Waals surface area contributed by atoms with Gasteiger partial charge in [0.15, 0.2) is 0 Å². The van der Waals surface area contributed by atoms with Gasteiger partial charge in [-0.25, -0.2) is 13.1 Å². The van der Waals surface area contributed by atoms with Crippen LogP contribution < -0.4 is 10.0 Å². The molecule has 0 unspecified atom stereocenters. The van der Waals surface area contributed by atoms with Gasteiger partial charge < -0.3 is 10.1 Å². The SMILES string of the molecule is CCNCc1sc(S(=O)(=O)NCC2(OC)CCC2)cc1C. The second kappa shape index (κ2) is 6.75. The van der Waals surface area contributed by atoms with Crippen LogP contribution in [0.25, 0.3) is 0 Å². The lowest BCUT2D eigenvalue weighted by Gasteiger charge is -2.40. The van der Waals surface area contributed by atoms with Gasteiger partial charge in [0, 0.05) is 25.1 Å². The summed E-state index contributed by atoms with van der Waals surface area (Å²) in [7, 11) is -1.80. The highest BCUT2D eigenvalue weighted by molar-refractivity contribution is 7.91. The molecule has 0 aliphatic heterocycles. The average Bonchev–Trinajstić information content (AvgIpc) is 2.78. The van der Waals surface area contributed by atoms with Gasteiger partial charge in [0.1, 0.15) is 4.21 Å². The lowest BCUT2D eigenvalue weighted by atomic mass is 9.80. The summed E-state index contributed by atoms with van der Waals surface area (Å²) in [6.45, 7) is 5.92. The van der Waals surface area contributed by atoms with Crippen molar-refractivity contribution >= 4 is 21.4 Å². The number of methoxy groups -OCH3 is 1. The normalized spacial score (nSPS) is 17.7. The predicted octanol–water partition coefficient (Wildman–Crippen LogP) is 2.01. The Bertz CT molecular complexity index is 572. The minimum absolute atomic E-state index is 0.300. The number of ether oxygens (including phenoxy) is 1. The number of nitrogens with one attached hydrogen (secondary N) is 2. The van der Waals surface area contributed by atoms with E-state index in [1.54, 1.807) is 13.2 Å². The standard InChI is InChI=1S/C14H24N2O3S2/c1-4-15-9-12-11(2)8-13(20-12)21(17,18)16-10-14(19-3)6-5-7-14/h8,15-16H,4-7,9-10H2,1-3H3. The molecule has 2 rings (SSSR count). The number of hydrogen-bond donors (Lipinski definition) is 2. The third-order valence-corrected chi connectivity index (χ3v) is 7.19. The van der Waals surface area contributed by atoms with Gasteiger partial charge in [-0.2, -0.15) is 0 Å². The minimum Gasteiger partial charge on any atom is -0.377 e. The zero-order valence-electron chi connectivity index (χ0n) is 12.9. The number of thiophene rings is 1. The van der Waals surface area contributed by atoms with Gasteiger partial charge in [0.05, 0.1) is 5.60 Å². The maximum Gasteiger partial charge on any atom is 0.250 e. The molecule has 0 saturated heterocycles. The van der Waals surface area contributed by atoms with E-state index in [1.165, 1.54) is 11.3 Å². The number of aryl methyl sites for hydroxylation is 1. The van der Waals surface area contributed by atoms with Crippen molar-refractivity contribution in [2.45, 2.75) is 49.5 Å². The van der Waals surface area contributed by atoms with Gasteiger partial charge in [-0.05, 0) is 44.4 Å². The monoisotopic (exact) mass is 332 g/mol. The Kier molecular flexibility index (Phi) is 5.43. The molecule has 1 aliphatic rings. The lowest BCUT2D eigenvalue weighted by Crippen LogP contribution is -2.49. The molecule has 5 nitrogen and oxygen atoms in total. The predicted molar refractivity (Wildman–Crippen MR) is 85.2 cm³/mol. The number of sulfonamides is 1. The van der Waals surface area contributed by atoms with Crippen LogP contribution in [0.5, 0.6) is 0 Å². The summed E-state index contributed by atoms with van der Waals surface area (Å²) >= 11 is 1.34. The molecule has 1 fully saturated rings. The van der Waals surface area contributed by atoms with Gasteiger partial charge in [-0.3, -0.25) is 0 Å². The summed E-state index contributed by atoms with van der Waals surface area (Å²) in [5, 5.41) is 3.23. The van der Waals surface area contributed by atoms with Crippen molar-refractivity contribution in [1.29, 1.82) is 0 Å². The highest BCUT2D eigenvalue weighted by Gasteiger charge is 2.38. The average molecular weight is 332 g/mol. The van der Waals surface area contributed by atoms with Crippen LogP contribution in [-0.2, 0) is 21.3 Å². The van der Waals surface area contributed by atoms with E-state index in [4.69, 9.17) is 4.74 Å². The molecule has 21 heavy (non-hydrogen) atoms. The molecule has 1 heterocycles. The summed E-state index contributed by atoms with van der Waals surface area (Å²) in [5.41, 5.74) is 0.720. The Morgan fingerprint density at radius 2 is 2.14 bits per heavy atom. The third-order valence-electron chi connectivity index (χ3n) is 4.08. The van der Waals surface area contributed by atoms with Crippen LogP contribution in [0, 0.1) is 6.92 Å². The Balaban J connectivity index is 2.05. The molecule has 1 aromatic rings. The zero-order chi connectivity index (χ0) is 15.5. The molecule has 1 aliphatic carbocycles. The highest BCUT2D eigenvalue weighted by atomic mass is 32.2. The maximum absolute atomic E-state index is 12.4. The fraction of sp³-hybridized carbons (Fsp3) is 0.714. The summed E-state index contributed by atoms with van der Waals surface area (Å²) < 4.78 is 33.3. The van der Waals surface area contributed by atoms with Crippen molar-refractivity contribution in [2.24, 2.45) is 0 Å². The van der Waals surface area contributed by atoms with Gasteiger partial charge >= 0.3 is 0 Å². The second-order valence-corrected chi connectivity index (χ2v) is 8.65. The van der Waals surface area contributed by atoms with Crippen LogP contribution >= 0.6 is 11.3 Å². The van der Waals surface area contributed by atoms with Gasteiger partial charge in [-0.1, -0.05) is 6.92 Å². The fourth-order valence-corrected chi connectivity index (χ4v) is 5.07. The van der Waals surface area contributed by atoms with E-state index >= 15 is 0 Å². The zero-order valence-corrected chi connectivity index (χ0v) is 14.5. The lowest BCUT2D eigenvalue weighted by molar-refractivity contribution is -0.0659. The van der Waals surface area contributed by atoms with Crippen LogP contribution in [0.1, 0.15) is 36.6 Å². The Hall–Kier alpha value is -0.470. The van der Waals surface area contributed by atoms with Gasteiger partial charge in [-0.15, -0.1) is 11.3 Å². The molecule has 1 aromatic heterocycles. The topological polar surface area (TPSA) is 67.4 Å². The van der Waals surface area contributed by atoms with E-state index in [2.05, 4.69) is 10.0 Å². The van der Waals surface area contributed by atoms with Crippen LogP contribution in [0.15, 0.2) is 10.3 Å². The molecule has 0 amide bonds. The van der Waals surface area contributed by atoms with Crippen LogP contribution in [-0.4, -0.2) is 34.2 Å².